The molecule has 2 amide bonds. The zero-order valence-electron chi connectivity index (χ0n) is 16.1. The Morgan fingerprint density at radius 2 is 1.58 bits per heavy atom. The lowest BCUT2D eigenvalue weighted by Crippen LogP contribution is -2.51. The largest absolute Gasteiger partial charge is 0.339 e. The zero-order chi connectivity index (χ0) is 18.5. The van der Waals surface area contributed by atoms with E-state index in [2.05, 4.69) is 24.3 Å². The molecule has 0 aromatic heterocycles. The third kappa shape index (κ3) is 5.07. The Morgan fingerprint density at radius 1 is 1.00 bits per heavy atom. The molecule has 1 aliphatic carbocycles. The Hall–Kier alpha value is -1.88. The van der Waals surface area contributed by atoms with Gasteiger partial charge >= 0.3 is 0 Å². The topological polar surface area (TPSA) is 43.9 Å². The number of hydrogen-bond donors (Lipinski definition) is 0. The van der Waals surface area contributed by atoms with Gasteiger partial charge in [0.15, 0.2) is 0 Å². The Morgan fingerprint density at radius 3 is 2.12 bits per heavy atom. The van der Waals surface area contributed by atoms with Crippen LogP contribution in [0.3, 0.4) is 0 Å². The van der Waals surface area contributed by atoms with E-state index in [9.17, 15) is 9.59 Å². The van der Waals surface area contributed by atoms with Crippen LogP contribution < -0.4 is 0 Å². The number of nitrogens with zero attached hydrogens (tertiary/aromatic N) is 3. The molecule has 1 saturated heterocycles. The molecule has 1 aliphatic heterocycles. The van der Waals surface area contributed by atoms with E-state index in [-0.39, 0.29) is 11.8 Å². The molecule has 1 aromatic rings. The Balaban J connectivity index is 1.49. The van der Waals surface area contributed by atoms with Crippen molar-refractivity contribution in [2.75, 3.05) is 46.8 Å². The van der Waals surface area contributed by atoms with Crippen molar-refractivity contribution in [1.29, 1.82) is 0 Å². The van der Waals surface area contributed by atoms with Crippen LogP contribution in [-0.2, 0) is 9.59 Å². The maximum Gasteiger partial charge on any atom is 0.223 e. The minimum absolute atomic E-state index is 0.200. The van der Waals surface area contributed by atoms with E-state index < -0.39 is 0 Å². The van der Waals surface area contributed by atoms with Gasteiger partial charge in [0, 0.05) is 45.6 Å². The minimum atomic E-state index is 0.200. The van der Waals surface area contributed by atoms with Crippen molar-refractivity contribution < 1.29 is 9.59 Å². The first-order valence-electron chi connectivity index (χ1n) is 9.80. The van der Waals surface area contributed by atoms with Crippen molar-refractivity contribution in [2.45, 2.75) is 31.6 Å². The molecule has 0 radical (unpaired) electrons. The molecular formula is C21H31N3O2. The molecule has 3 rings (SSSR count). The summed E-state index contributed by atoms with van der Waals surface area (Å²) in [6, 6.07) is 10.5. The standard InChI is InChI=1S/C21H31N3O2/c1-22(2)11-10-20(25)23-12-14-24(15-13-23)21(26)16-19(18-8-9-18)17-6-4-3-5-7-17/h3-7,18-19H,8-16H2,1-2H3. The summed E-state index contributed by atoms with van der Waals surface area (Å²) in [5.74, 6) is 1.45. The zero-order valence-corrected chi connectivity index (χ0v) is 16.1. The normalized spacial score (nSPS) is 18.9. The number of amides is 2. The number of hydrogen-bond acceptors (Lipinski definition) is 3. The molecule has 142 valence electrons. The molecule has 2 aliphatic rings. The van der Waals surface area contributed by atoms with E-state index >= 15 is 0 Å². The van der Waals surface area contributed by atoms with Gasteiger partial charge < -0.3 is 14.7 Å². The maximum absolute atomic E-state index is 12.8. The molecule has 26 heavy (non-hydrogen) atoms. The summed E-state index contributed by atoms with van der Waals surface area (Å²) in [5.41, 5.74) is 1.29. The second kappa shape index (κ2) is 8.67. The molecule has 5 nitrogen and oxygen atoms in total. The number of piperazine rings is 1. The van der Waals surface area contributed by atoms with Crippen molar-refractivity contribution in [3.63, 3.8) is 0 Å². The summed E-state index contributed by atoms with van der Waals surface area (Å²) in [7, 11) is 3.96. The van der Waals surface area contributed by atoms with Gasteiger partial charge in [-0.2, -0.15) is 0 Å². The highest BCUT2D eigenvalue weighted by Crippen LogP contribution is 2.44. The molecule has 0 bridgehead atoms. The predicted octanol–water partition coefficient (Wildman–Crippen LogP) is 2.19. The van der Waals surface area contributed by atoms with Crippen LogP contribution in [0.2, 0.25) is 0 Å². The number of carbonyl (C=O) groups excluding carboxylic acids is 2. The fourth-order valence-electron chi connectivity index (χ4n) is 3.76. The van der Waals surface area contributed by atoms with Crippen molar-refractivity contribution in [2.24, 2.45) is 5.92 Å². The van der Waals surface area contributed by atoms with Crippen molar-refractivity contribution in [1.82, 2.24) is 14.7 Å². The Bertz CT molecular complexity index is 605. The fraction of sp³-hybridized carbons (Fsp3) is 0.619. The third-order valence-electron chi connectivity index (χ3n) is 5.57. The Kier molecular flexibility index (Phi) is 6.30. The summed E-state index contributed by atoms with van der Waals surface area (Å²) in [6.07, 6.45) is 3.63. The van der Waals surface area contributed by atoms with Gasteiger partial charge in [0.2, 0.25) is 11.8 Å². The van der Waals surface area contributed by atoms with Gasteiger partial charge in [0.1, 0.15) is 0 Å². The first kappa shape index (κ1) is 18.9. The van der Waals surface area contributed by atoms with Crippen LogP contribution in [0.15, 0.2) is 30.3 Å². The highest BCUT2D eigenvalue weighted by Gasteiger charge is 2.35. The van der Waals surface area contributed by atoms with E-state index in [1.807, 2.05) is 34.9 Å². The van der Waals surface area contributed by atoms with Gasteiger partial charge in [-0.15, -0.1) is 0 Å². The Labute approximate surface area is 156 Å². The van der Waals surface area contributed by atoms with Crippen molar-refractivity contribution in [3.05, 3.63) is 35.9 Å². The average Bonchev–Trinajstić information content (AvgIpc) is 3.50. The van der Waals surface area contributed by atoms with Gasteiger partial charge in [-0.25, -0.2) is 0 Å². The summed E-state index contributed by atoms with van der Waals surface area (Å²) < 4.78 is 0. The average molecular weight is 357 g/mol. The quantitative estimate of drug-likeness (QED) is 0.751. The van der Waals surface area contributed by atoms with E-state index in [0.29, 0.717) is 50.9 Å². The van der Waals surface area contributed by atoms with E-state index in [1.165, 1.54) is 18.4 Å². The minimum Gasteiger partial charge on any atom is -0.339 e. The first-order chi connectivity index (χ1) is 12.5. The molecule has 5 heteroatoms. The van der Waals surface area contributed by atoms with Gasteiger partial charge in [0.05, 0.1) is 0 Å². The van der Waals surface area contributed by atoms with E-state index in [4.69, 9.17) is 0 Å². The number of benzene rings is 1. The lowest BCUT2D eigenvalue weighted by molar-refractivity contribution is -0.140. The van der Waals surface area contributed by atoms with Crippen LogP contribution in [0.25, 0.3) is 0 Å². The van der Waals surface area contributed by atoms with Gasteiger partial charge in [0.25, 0.3) is 0 Å². The molecule has 1 atom stereocenters. The first-order valence-corrected chi connectivity index (χ1v) is 9.80. The summed E-state index contributed by atoms with van der Waals surface area (Å²) >= 11 is 0. The fourth-order valence-corrected chi connectivity index (χ4v) is 3.76. The van der Waals surface area contributed by atoms with Crippen molar-refractivity contribution >= 4 is 11.8 Å². The van der Waals surface area contributed by atoms with Crippen LogP contribution in [0.1, 0.15) is 37.2 Å². The van der Waals surface area contributed by atoms with Gasteiger partial charge in [-0.1, -0.05) is 30.3 Å². The van der Waals surface area contributed by atoms with Crippen LogP contribution in [0.5, 0.6) is 0 Å². The molecule has 0 N–H and O–H groups in total. The third-order valence-corrected chi connectivity index (χ3v) is 5.57. The highest BCUT2D eigenvalue weighted by atomic mass is 16.2. The lowest BCUT2D eigenvalue weighted by atomic mass is 9.90. The summed E-state index contributed by atoms with van der Waals surface area (Å²) in [5, 5.41) is 0. The molecule has 1 aromatic carbocycles. The summed E-state index contributed by atoms with van der Waals surface area (Å²) in [4.78, 5) is 30.9. The van der Waals surface area contributed by atoms with Gasteiger partial charge in [-0.05, 0) is 44.3 Å². The predicted molar refractivity (Wildman–Crippen MR) is 103 cm³/mol. The summed E-state index contributed by atoms with van der Waals surface area (Å²) in [6.45, 7) is 3.43. The van der Waals surface area contributed by atoms with Crippen LogP contribution in [0.4, 0.5) is 0 Å². The molecule has 1 unspecified atom stereocenters. The SMILES string of the molecule is CN(C)CCC(=O)N1CCN(C(=O)CC(c2ccccc2)C2CC2)CC1. The number of rotatable bonds is 7. The second-order valence-electron chi connectivity index (χ2n) is 7.87. The van der Waals surface area contributed by atoms with Crippen molar-refractivity contribution in [3.8, 4) is 0 Å². The second-order valence-corrected chi connectivity index (χ2v) is 7.87. The number of carbonyl (C=O) groups is 2. The molecule has 0 spiro atoms. The smallest absolute Gasteiger partial charge is 0.223 e. The maximum atomic E-state index is 12.8. The van der Waals surface area contributed by atoms with Crippen LogP contribution in [0, 0.1) is 5.92 Å². The highest BCUT2D eigenvalue weighted by molar-refractivity contribution is 5.79. The molecule has 2 fully saturated rings. The molecule has 1 heterocycles. The van der Waals surface area contributed by atoms with Crippen LogP contribution in [-0.4, -0.2) is 73.3 Å². The van der Waals surface area contributed by atoms with Gasteiger partial charge in [-0.3, -0.25) is 9.59 Å². The van der Waals surface area contributed by atoms with Crippen LogP contribution >= 0.6 is 0 Å². The lowest BCUT2D eigenvalue weighted by Gasteiger charge is -2.35. The monoisotopic (exact) mass is 357 g/mol. The van der Waals surface area contributed by atoms with E-state index in [0.717, 1.165) is 6.54 Å². The molecule has 1 saturated carbocycles. The van der Waals surface area contributed by atoms with E-state index in [1.54, 1.807) is 0 Å². The molecular weight excluding hydrogens is 326 g/mol.